The molecule has 1 amide bonds. The Hall–Kier alpha value is -2.10. The summed E-state index contributed by atoms with van der Waals surface area (Å²) in [5.41, 5.74) is 1.31. The summed E-state index contributed by atoms with van der Waals surface area (Å²) >= 11 is 1.61. The number of hydrogen-bond donors (Lipinski definition) is 0. The second-order valence-electron chi connectivity index (χ2n) is 8.41. The van der Waals surface area contributed by atoms with Gasteiger partial charge >= 0.3 is 0 Å². The number of benzene rings is 1. The van der Waals surface area contributed by atoms with Crippen LogP contribution in [-0.4, -0.2) is 62.9 Å². The van der Waals surface area contributed by atoms with Gasteiger partial charge in [0.05, 0.1) is 9.77 Å². The molecule has 166 valence electrons. The summed E-state index contributed by atoms with van der Waals surface area (Å²) in [5, 5.41) is 0. The van der Waals surface area contributed by atoms with E-state index in [1.165, 1.54) is 27.2 Å². The molecule has 0 radical (unpaired) electrons. The standard InChI is InChI=1S/C22H26N2O5S2/c1-15-2-5-20-16(12-15)13-21(30-20)22(25)23-6-8-24(9-7-23)31(26,27)17-3-4-18-19(14-17)29-11-10-28-18/h3-4,13-15H,2,5-12H2,1H3. The molecule has 7 nitrogen and oxygen atoms in total. The predicted molar refractivity (Wildman–Crippen MR) is 118 cm³/mol. The third kappa shape index (κ3) is 3.94. The molecule has 1 fully saturated rings. The molecular weight excluding hydrogens is 436 g/mol. The molecule has 1 aliphatic carbocycles. The largest absolute Gasteiger partial charge is 0.486 e. The number of piperazine rings is 1. The average molecular weight is 463 g/mol. The molecule has 2 aromatic rings. The molecule has 9 heteroatoms. The smallest absolute Gasteiger partial charge is 0.264 e. The normalized spacial score (nSPS) is 21.6. The van der Waals surface area contributed by atoms with Crippen molar-refractivity contribution in [2.24, 2.45) is 5.92 Å². The molecule has 1 aromatic carbocycles. The zero-order chi connectivity index (χ0) is 21.6. The Balaban J connectivity index is 1.26. The predicted octanol–water partition coefficient (Wildman–Crippen LogP) is 2.79. The van der Waals surface area contributed by atoms with Crippen LogP contribution in [0.15, 0.2) is 29.2 Å². The number of sulfonamides is 1. The molecule has 0 bridgehead atoms. The summed E-state index contributed by atoms with van der Waals surface area (Å²) in [6.07, 6.45) is 3.27. The van der Waals surface area contributed by atoms with Crippen LogP contribution in [0.4, 0.5) is 0 Å². The highest BCUT2D eigenvalue weighted by molar-refractivity contribution is 7.89. The quantitative estimate of drug-likeness (QED) is 0.701. The van der Waals surface area contributed by atoms with Crippen molar-refractivity contribution in [1.29, 1.82) is 0 Å². The van der Waals surface area contributed by atoms with E-state index in [9.17, 15) is 13.2 Å². The van der Waals surface area contributed by atoms with E-state index in [-0.39, 0.29) is 23.9 Å². The zero-order valence-corrected chi connectivity index (χ0v) is 19.1. The van der Waals surface area contributed by atoms with Crippen LogP contribution in [0.5, 0.6) is 11.5 Å². The number of aryl methyl sites for hydroxylation is 1. The fraction of sp³-hybridized carbons (Fsp3) is 0.500. The van der Waals surface area contributed by atoms with Gasteiger partial charge in [0.25, 0.3) is 5.91 Å². The summed E-state index contributed by atoms with van der Waals surface area (Å²) in [4.78, 5) is 17.1. The fourth-order valence-corrected chi connectivity index (χ4v) is 7.05. The van der Waals surface area contributed by atoms with Crippen molar-refractivity contribution in [2.45, 2.75) is 31.1 Å². The Labute approximate surface area is 186 Å². The molecule has 31 heavy (non-hydrogen) atoms. The lowest BCUT2D eigenvalue weighted by Crippen LogP contribution is -2.50. The van der Waals surface area contributed by atoms with Crippen molar-refractivity contribution in [3.8, 4) is 11.5 Å². The second kappa shape index (κ2) is 8.11. The number of nitrogens with zero attached hydrogens (tertiary/aromatic N) is 2. The van der Waals surface area contributed by atoms with Crippen molar-refractivity contribution < 1.29 is 22.7 Å². The number of thiophene rings is 1. The summed E-state index contributed by atoms with van der Waals surface area (Å²) in [7, 11) is -3.66. The lowest BCUT2D eigenvalue weighted by atomic mass is 9.90. The van der Waals surface area contributed by atoms with Gasteiger partial charge in [0.2, 0.25) is 10.0 Å². The number of fused-ring (bicyclic) bond motifs is 2. The maximum atomic E-state index is 13.1. The van der Waals surface area contributed by atoms with E-state index in [0.717, 1.165) is 17.7 Å². The van der Waals surface area contributed by atoms with Crippen LogP contribution in [0.2, 0.25) is 0 Å². The Morgan fingerprint density at radius 3 is 2.58 bits per heavy atom. The number of carbonyl (C=O) groups is 1. The maximum absolute atomic E-state index is 13.1. The van der Waals surface area contributed by atoms with E-state index < -0.39 is 10.0 Å². The summed E-state index contributed by atoms with van der Waals surface area (Å²) < 4.78 is 38.7. The molecule has 1 saturated heterocycles. The minimum absolute atomic E-state index is 0.0171. The van der Waals surface area contributed by atoms with Crippen molar-refractivity contribution in [1.82, 2.24) is 9.21 Å². The highest BCUT2D eigenvalue weighted by Crippen LogP contribution is 2.34. The van der Waals surface area contributed by atoms with Crippen LogP contribution in [0, 0.1) is 5.92 Å². The summed E-state index contributed by atoms with van der Waals surface area (Å²) in [6, 6.07) is 6.77. The van der Waals surface area contributed by atoms with Crippen LogP contribution >= 0.6 is 11.3 Å². The van der Waals surface area contributed by atoms with Crippen molar-refractivity contribution in [2.75, 3.05) is 39.4 Å². The van der Waals surface area contributed by atoms with Gasteiger partial charge < -0.3 is 14.4 Å². The van der Waals surface area contributed by atoms with Crippen LogP contribution in [0.25, 0.3) is 0 Å². The number of ether oxygens (including phenoxy) is 2. The number of amides is 1. The molecule has 3 aliphatic rings. The van der Waals surface area contributed by atoms with E-state index >= 15 is 0 Å². The molecular formula is C22H26N2O5S2. The van der Waals surface area contributed by atoms with Crippen LogP contribution in [-0.2, 0) is 22.9 Å². The molecule has 3 heterocycles. The minimum atomic E-state index is -3.66. The van der Waals surface area contributed by atoms with Gasteiger partial charge in [0.1, 0.15) is 13.2 Å². The molecule has 1 atom stereocenters. The van der Waals surface area contributed by atoms with E-state index in [1.54, 1.807) is 28.4 Å². The Kier molecular flexibility index (Phi) is 5.44. The van der Waals surface area contributed by atoms with Gasteiger partial charge in [0.15, 0.2) is 11.5 Å². The monoisotopic (exact) mass is 462 g/mol. The van der Waals surface area contributed by atoms with E-state index in [4.69, 9.17) is 9.47 Å². The van der Waals surface area contributed by atoms with E-state index in [0.29, 0.717) is 43.7 Å². The molecule has 2 aliphatic heterocycles. The van der Waals surface area contributed by atoms with Gasteiger partial charge in [-0.05, 0) is 48.9 Å². The lowest BCUT2D eigenvalue weighted by Gasteiger charge is -2.34. The van der Waals surface area contributed by atoms with E-state index in [2.05, 4.69) is 13.0 Å². The molecule has 0 saturated carbocycles. The van der Waals surface area contributed by atoms with Crippen LogP contribution in [0.3, 0.4) is 0 Å². The van der Waals surface area contributed by atoms with Gasteiger partial charge in [-0.1, -0.05) is 6.92 Å². The fourth-order valence-electron chi connectivity index (χ4n) is 4.43. The van der Waals surface area contributed by atoms with Gasteiger partial charge in [0, 0.05) is 37.1 Å². The average Bonchev–Trinajstić information content (AvgIpc) is 3.21. The first-order valence-electron chi connectivity index (χ1n) is 10.7. The Morgan fingerprint density at radius 1 is 1.06 bits per heavy atom. The molecule has 1 aromatic heterocycles. The topological polar surface area (TPSA) is 76.2 Å². The first kappa shape index (κ1) is 20.8. The van der Waals surface area contributed by atoms with Crippen LogP contribution < -0.4 is 9.47 Å². The maximum Gasteiger partial charge on any atom is 0.264 e. The van der Waals surface area contributed by atoms with E-state index in [1.807, 2.05) is 0 Å². The van der Waals surface area contributed by atoms with Crippen LogP contribution in [0.1, 0.15) is 33.5 Å². The molecule has 0 N–H and O–H groups in total. The number of hydrogen-bond acceptors (Lipinski definition) is 6. The number of carbonyl (C=O) groups excluding carboxylic acids is 1. The van der Waals surface area contributed by atoms with Crippen molar-refractivity contribution >= 4 is 27.3 Å². The molecule has 0 spiro atoms. The third-order valence-corrected chi connectivity index (χ3v) is 9.34. The Morgan fingerprint density at radius 2 is 1.81 bits per heavy atom. The minimum Gasteiger partial charge on any atom is -0.486 e. The first-order valence-corrected chi connectivity index (χ1v) is 13.0. The Bertz CT molecular complexity index is 1100. The van der Waals surface area contributed by atoms with Gasteiger partial charge in [-0.25, -0.2) is 8.42 Å². The lowest BCUT2D eigenvalue weighted by molar-refractivity contribution is 0.0702. The highest BCUT2D eigenvalue weighted by atomic mass is 32.2. The molecule has 1 unspecified atom stereocenters. The van der Waals surface area contributed by atoms with Gasteiger partial charge in [-0.2, -0.15) is 4.31 Å². The first-order chi connectivity index (χ1) is 14.9. The summed E-state index contributed by atoms with van der Waals surface area (Å²) in [6.45, 7) is 4.46. The van der Waals surface area contributed by atoms with Crippen molar-refractivity contribution in [3.05, 3.63) is 39.6 Å². The zero-order valence-electron chi connectivity index (χ0n) is 17.5. The number of rotatable bonds is 3. The third-order valence-electron chi connectivity index (χ3n) is 6.22. The second-order valence-corrected chi connectivity index (χ2v) is 11.5. The van der Waals surface area contributed by atoms with Crippen molar-refractivity contribution in [3.63, 3.8) is 0 Å². The molecule has 5 rings (SSSR count). The van der Waals surface area contributed by atoms with Gasteiger partial charge in [-0.3, -0.25) is 4.79 Å². The van der Waals surface area contributed by atoms with Gasteiger partial charge in [-0.15, -0.1) is 11.3 Å². The highest BCUT2D eigenvalue weighted by Gasteiger charge is 2.32. The summed E-state index contributed by atoms with van der Waals surface area (Å²) in [5.74, 6) is 1.70. The SMILES string of the molecule is CC1CCc2sc(C(=O)N3CCN(S(=O)(=O)c4ccc5c(c4)OCCO5)CC3)cc2C1.